The van der Waals surface area contributed by atoms with Crippen LogP contribution in [-0.4, -0.2) is 21.8 Å². The van der Waals surface area contributed by atoms with Gasteiger partial charge in [-0.1, -0.05) is 176 Å². The Morgan fingerprint density at radius 2 is 0.625 bits per heavy atom. The molecule has 0 spiro atoms. The van der Waals surface area contributed by atoms with Crippen molar-refractivity contribution in [3.05, 3.63) is 249 Å². The standard InChI is InChI=1S/C60H41N3Si/c1-5-21-42(22-6-1)61-55-36-18-15-33-50(55)60-56(61)37-20-38-59(60)64(45-26-9-3-10-27-45,46-28-11-4-12-29-46)47-30-19-25-44(39-47)63-54-35-17-14-32-49(54)52-40-51-48-31-13-16-34-53(48)62(57(51)41-58(52)63)43-23-7-2-8-24-43/h1-41H. The molecule has 0 unspecified atom stereocenters. The Kier molecular flexibility index (Phi) is 8.23. The molecule has 0 atom stereocenters. The van der Waals surface area contributed by atoms with Gasteiger partial charge in [-0.3, -0.25) is 0 Å². The predicted octanol–water partition coefficient (Wildman–Crippen LogP) is 12.4. The quantitative estimate of drug-likeness (QED) is 0.112. The summed E-state index contributed by atoms with van der Waals surface area (Å²) >= 11 is 0. The SMILES string of the molecule is c1ccc(-n2c3ccccc3c3cc4c5ccccc5n(-c5cccc([Si](c6ccccc6)(c6ccccc6)c6cccc7c6c6ccccc6n7-c6ccccc6)c5)c4cc32)cc1. The van der Waals surface area contributed by atoms with Gasteiger partial charge in [-0.25, -0.2) is 0 Å². The average Bonchev–Trinajstić information content (AvgIpc) is 4.00. The van der Waals surface area contributed by atoms with E-state index in [9.17, 15) is 0 Å². The Labute approximate surface area is 372 Å². The fourth-order valence-corrected chi connectivity index (χ4v) is 16.0. The summed E-state index contributed by atoms with van der Waals surface area (Å²) in [5.41, 5.74) is 10.7. The van der Waals surface area contributed by atoms with E-state index in [4.69, 9.17) is 0 Å². The summed E-state index contributed by atoms with van der Waals surface area (Å²) in [5, 5.41) is 13.0. The summed E-state index contributed by atoms with van der Waals surface area (Å²) in [6.07, 6.45) is 0. The molecular formula is C60H41N3Si. The van der Waals surface area contributed by atoms with Crippen molar-refractivity contribution in [3.8, 4) is 17.1 Å². The van der Waals surface area contributed by atoms with E-state index >= 15 is 0 Å². The third-order valence-electron chi connectivity index (χ3n) is 13.5. The second-order valence-electron chi connectivity index (χ2n) is 16.8. The minimum Gasteiger partial charge on any atom is -0.309 e. The maximum absolute atomic E-state index is 3.10. The second-order valence-corrected chi connectivity index (χ2v) is 20.6. The van der Waals surface area contributed by atoms with E-state index in [1.165, 1.54) is 86.2 Å². The van der Waals surface area contributed by atoms with Crippen LogP contribution in [0.4, 0.5) is 0 Å². The van der Waals surface area contributed by atoms with Crippen molar-refractivity contribution >= 4 is 94.2 Å². The topological polar surface area (TPSA) is 14.8 Å². The van der Waals surface area contributed by atoms with Crippen LogP contribution in [0, 0.1) is 0 Å². The van der Waals surface area contributed by atoms with Crippen LogP contribution >= 0.6 is 0 Å². The zero-order chi connectivity index (χ0) is 42.2. The third-order valence-corrected chi connectivity index (χ3v) is 18.3. The largest absolute Gasteiger partial charge is 0.309 e. The van der Waals surface area contributed by atoms with Gasteiger partial charge in [-0.15, -0.1) is 0 Å². The predicted molar refractivity (Wildman–Crippen MR) is 273 cm³/mol. The molecule has 3 heterocycles. The molecule has 0 amide bonds. The van der Waals surface area contributed by atoms with Gasteiger partial charge in [0.15, 0.2) is 8.07 Å². The summed E-state index contributed by atoms with van der Waals surface area (Å²) in [7, 11) is -3.10. The fraction of sp³-hybridized carbons (Fsp3) is 0. The molecule has 0 saturated carbocycles. The summed E-state index contributed by atoms with van der Waals surface area (Å²) in [6.45, 7) is 0. The van der Waals surface area contributed by atoms with Gasteiger partial charge in [0.25, 0.3) is 0 Å². The highest BCUT2D eigenvalue weighted by Gasteiger charge is 2.43. The molecule has 0 aliphatic carbocycles. The van der Waals surface area contributed by atoms with Crippen LogP contribution in [0.3, 0.4) is 0 Å². The van der Waals surface area contributed by atoms with Crippen molar-refractivity contribution in [2.24, 2.45) is 0 Å². The first-order valence-corrected chi connectivity index (χ1v) is 24.1. The van der Waals surface area contributed by atoms with Gasteiger partial charge in [-0.2, -0.15) is 0 Å². The van der Waals surface area contributed by atoms with E-state index in [2.05, 4.69) is 262 Å². The lowest BCUT2D eigenvalue weighted by Gasteiger charge is -2.35. The number of fused-ring (bicyclic) bond motifs is 9. The maximum Gasteiger partial charge on any atom is 0.180 e. The first-order chi connectivity index (χ1) is 31.8. The fourth-order valence-electron chi connectivity index (χ4n) is 11.0. The number of aromatic nitrogens is 3. The van der Waals surface area contributed by atoms with Crippen molar-refractivity contribution in [3.63, 3.8) is 0 Å². The van der Waals surface area contributed by atoms with Crippen molar-refractivity contribution in [2.45, 2.75) is 0 Å². The number of hydrogen-bond acceptors (Lipinski definition) is 0. The third kappa shape index (κ3) is 5.27. The smallest absolute Gasteiger partial charge is 0.180 e. The highest BCUT2D eigenvalue weighted by atomic mass is 28.3. The van der Waals surface area contributed by atoms with Gasteiger partial charge >= 0.3 is 0 Å². The summed E-state index contributed by atoms with van der Waals surface area (Å²) in [4.78, 5) is 0. The number of benzene rings is 10. The molecule has 0 aliphatic rings. The lowest BCUT2D eigenvalue weighted by atomic mass is 10.1. The molecule has 0 bridgehead atoms. The molecule has 0 saturated heterocycles. The van der Waals surface area contributed by atoms with Crippen LogP contribution in [0.1, 0.15) is 0 Å². The zero-order valence-electron chi connectivity index (χ0n) is 35.0. The highest BCUT2D eigenvalue weighted by molar-refractivity contribution is 7.20. The van der Waals surface area contributed by atoms with Crippen molar-refractivity contribution in [1.29, 1.82) is 0 Å². The van der Waals surface area contributed by atoms with Crippen LogP contribution in [-0.2, 0) is 0 Å². The zero-order valence-corrected chi connectivity index (χ0v) is 36.0. The van der Waals surface area contributed by atoms with Crippen LogP contribution in [0.5, 0.6) is 0 Å². The van der Waals surface area contributed by atoms with E-state index < -0.39 is 8.07 Å². The van der Waals surface area contributed by atoms with E-state index in [1.54, 1.807) is 0 Å². The van der Waals surface area contributed by atoms with Crippen LogP contribution < -0.4 is 20.7 Å². The van der Waals surface area contributed by atoms with Crippen LogP contribution in [0.15, 0.2) is 249 Å². The average molecular weight is 832 g/mol. The number of para-hydroxylation sites is 5. The summed E-state index contributed by atoms with van der Waals surface area (Å²) < 4.78 is 7.39. The Morgan fingerprint density at radius 3 is 1.19 bits per heavy atom. The lowest BCUT2D eigenvalue weighted by molar-refractivity contribution is 1.17. The molecule has 300 valence electrons. The Hall–Kier alpha value is -8.18. The second kappa shape index (κ2) is 14.5. The molecule has 3 nitrogen and oxygen atoms in total. The van der Waals surface area contributed by atoms with Crippen molar-refractivity contribution < 1.29 is 0 Å². The maximum atomic E-state index is 2.52. The lowest BCUT2D eigenvalue weighted by Crippen LogP contribution is -2.74. The summed E-state index contributed by atoms with van der Waals surface area (Å²) in [5.74, 6) is 0. The number of nitrogens with zero attached hydrogens (tertiary/aromatic N) is 3. The minimum atomic E-state index is -3.10. The first kappa shape index (κ1) is 36.5. The molecule has 13 aromatic rings. The molecule has 3 aromatic heterocycles. The molecular weight excluding hydrogens is 791 g/mol. The van der Waals surface area contributed by atoms with Gasteiger partial charge in [0.05, 0.1) is 33.1 Å². The van der Waals surface area contributed by atoms with Gasteiger partial charge < -0.3 is 13.7 Å². The molecule has 0 fully saturated rings. The number of rotatable bonds is 7. The van der Waals surface area contributed by atoms with Crippen molar-refractivity contribution in [1.82, 2.24) is 13.7 Å². The van der Waals surface area contributed by atoms with E-state index in [-0.39, 0.29) is 0 Å². The number of hydrogen-bond donors (Lipinski definition) is 0. The highest BCUT2D eigenvalue weighted by Crippen LogP contribution is 2.40. The van der Waals surface area contributed by atoms with Gasteiger partial charge in [-0.05, 0) is 93.5 Å². The Balaban J connectivity index is 1.14. The van der Waals surface area contributed by atoms with Crippen molar-refractivity contribution in [2.75, 3.05) is 0 Å². The molecule has 13 rings (SSSR count). The summed E-state index contributed by atoms with van der Waals surface area (Å²) in [6, 6.07) is 92.4. The Morgan fingerprint density at radius 1 is 0.234 bits per heavy atom. The first-order valence-electron chi connectivity index (χ1n) is 22.1. The van der Waals surface area contributed by atoms with Crippen LogP contribution in [0.2, 0.25) is 0 Å². The van der Waals surface area contributed by atoms with Crippen LogP contribution in [0.25, 0.3) is 82.5 Å². The molecule has 0 aliphatic heterocycles. The normalized spacial score (nSPS) is 12.1. The molecule has 10 aromatic carbocycles. The molecule has 64 heavy (non-hydrogen) atoms. The van der Waals surface area contributed by atoms with Gasteiger partial charge in [0, 0.05) is 49.4 Å². The minimum absolute atomic E-state index is 1.15. The molecule has 0 radical (unpaired) electrons. The van der Waals surface area contributed by atoms with E-state index in [1.807, 2.05) is 0 Å². The molecule has 4 heteroatoms. The monoisotopic (exact) mass is 831 g/mol. The van der Waals surface area contributed by atoms with E-state index in [0.29, 0.717) is 0 Å². The van der Waals surface area contributed by atoms with E-state index in [0.717, 1.165) is 17.1 Å². The van der Waals surface area contributed by atoms with Gasteiger partial charge in [0.1, 0.15) is 0 Å². The Bertz CT molecular complexity index is 3840. The van der Waals surface area contributed by atoms with Gasteiger partial charge in [0.2, 0.25) is 0 Å². The molecule has 0 N–H and O–H groups in total.